The second-order valence-corrected chi connectivity index (χ2v) is 7.40. The van der Waals surface area contributed by atoms with Crippen LogP contribution in [0.3, 0.4) is 0 Å². The van der Waals surface area contributed by atoms with Gasteiger partial charge in [0.25, 0.3) is 0 Å². The zero-order valence-electron chi connectivity index (χ0n) is 16.7. The van der Waals surface area contributed by atoms with Crippen molar-refractivity contribution < 1.29 is 18.7 Å². The Balaban J connectivity index is 1.47. The molecule has 0 radical (unpaired) electrons. The summed E-state index contributed by atoms with van der Waals surface area (Å²) in [5, 5.41) is 0. The van der Waals surface area contributed by atoms with E-state index in [2.05, 4.69) is 0 Å². The van der Waals surface area contributed by atoms with Crippen molar-refractivity contribution in [3.8, 4) is 5.75 Å². The third-order valence-corrected chi connectivity index (χ3v) is 5.21. The lowest BCUT2D eigenvalue weighted by atomic mass is 9.96. The summed E-state index contributed by atoms with van der Waals surface area (Å²) >= 11 is 0. The molecule has 0 aromatic heterocycles. The molecule has 5 nitrogen and oxygen atoms in total. The molecule has 1 unspecified atom stereocenters. The number of nitrogens with zero attached hydrogens (tertiary/aromatic N) is 2. The molecule has 6 heteroatoms. The summed E-state index contributed by atoms with van der Waals surface area (Å²) in [5.41, 5.74) is 0.778. The summed E-state index contributed by atoms with van der Waals surface area (Å²) in [4.78, 5) is 28.8. The molecule has 3 rings (SSSR count). The summed E-state index contributed by atoms with van der Waals surface area (Å²) in [7, 11) is 1.77. The topological polar surface area (TPSA) is 49.9 Å². The molecule has 1 heterocycles. The number of likely N-dealkylation sites (N-methyl/N-ethyl adjacent to an activating group) is 1. The van der Waals surface area contributed by atoms with Crippen molar-refractivity contribution in [2.24, 2.45) is 5.92 Å². The first-order valence-electron chi connectivity index (χ1n) is 9.98. The molecule has 0 spiro atoms. The van der Waals surface area contributed by atoms with Crippen LogP contribution in [0.15, 0.2) is 54.6 Å². The lowest BCUT2D eigenvalue weighted by Crippen LogP contribution is -2.46. The Bertz CT molecular complexity index is 811. The molecule has 1 aliphatic rings. The summed E-state index contributed by atoms with van der Waals surface area (Å²) in [6.07, 6.45) is 1.81. The molecule has 2 aromatic rings. The Morgan fingerprint density at radius 1 is 1.14 bits per heavy atom. The highest BCUT2D eigenvalue weighted by Gasteiger charge is 2.30. The average Bonchev–Trinajstić information content (AvgIpc) is 2.75. The van der Waals surface area contributed by atoms with E-state index in [1.807, 2.05) is 30.3 Å². The van der Waals surface area contributed by atoms with Gasteiger partial charge in [-0.25, -0.2) is 4.39 Å². The van der Waals surface area contributed by atoms with E-state index >= 15 is 0 Å². The molecule has 1 atom stereocenters. The first-order chi connectivity index (χ1) is 14.0. The first kappa shape index (κ1) is 20.8. The smallest absolute Gasteiger partial charge is 0.227 e. The Labute approximate surface area is 171 Å². The number of likely N-dealkylation sites (tertiary alicyclic amines) is 1. The fourth-order valence-corrected chi connectivity index (χ4v) is 3.53. The van der Waals surface area contributed by atoms with Gasteiger partial charge in [-0.3, -0.25) is 9.59 Å². The van der Waals surface area contributed by atoms with Crippen LogP contribution < -0.4 is 4.74 Å². The van der Waals surface area contributed by atoms with Gasteiger partial charge >= 0.3 is 0 Å². The number of para-hydroxylation sites is 1. The fourth-order valence-electron chi connectivity index (χ4n) is 3.53. The van der Waals surface area contributed by atoms with E-state index in [0.29, 0.717) is 26.2 Å². The van der Waals surface area contributed by atoms with Crippen LogP contribution >= 0.6 is 0 Å². The Kier molecular flexibility index (Phi) is 7.22. The van der Waals surface area contributed by atoms with Crippen molar-refractivity contribution in [2.75, 3.05) is 33.3 Å². The van der Waals surface area contributed by atoms with Crippen molar-refractivity contribution in [3.63, 3.8) is 0 Å². The summed E-state index contributed by atoms with van der Waals surface area (Å²) in [6.45, 7) is 2.01. The maximum atomic E-state index is 13.0. The maximum absolute atomic E-state index is 13.0. The summed E-state index contributed by atoms with van der Waals surface area (Å²) in [5.74, 6) is 0.292. The minimum atomic E-state index is -0.316. The predicted octanol–water partition coefficient (Wildman–Crippen LogP) is 3.14. The monoisotopic (exact) mass is 398 g/mol. The van der Waals surface area contributed by atoms with Gasteiger partial charge in [-0.05, 0) is 42.7 Å². The highest BCUT2D eigenvalue weighted by molar-refractivity contribution is 5.82. The van der Waals surface area contributed by atoms with Crippen molar-refractivity contribution in [1.29, 1.82) is 0 Å². The fraction of sp³-hybridized carbons (Fsp3) is 0.391. The highest BCUT2D eigenvalue weighted by atomic mass is 19.1. The molecule has 154 valence electrons. The van der Waals surface area contributed by atoms with Gasteiger partial charge < -0.3 is 14.5 Å². The summed E-state index contributed by atoms with van der Waals surface area (Å²) < 4.78 is 18.7. The number of rotatable bonds is 7. The largest absolute Gasteiger partial charge is 0.492 e. The van der Waals surface area contributed by atoms with Gasteiger partial charge in [0.15, 0.2) is 0 Å². The van der Waals surface area contributed by atoms with E-state index < -0.39 is 0 Å². The number of hydrogen-bond acceptors (Lipinski definition) is 3. The normalized spacial score (nSPS) is 16.3. The Morgan fingerprint density at radius 2 is 1.86 bits per heavy atom. The van der Waals surface area contributed by atoms with E-state index in [-0.39, 0.29) is 30.0 Å². The van der Waals surface area contributed by atoms with E-state index in [0.717, 1.165) is 24.2 Å². The van der Waals surface area contributed by atoms with Crippen molar-refractivity contribution in [3.05, 3.63) is 66.0 Å². The number of ether oxygens (including phenoxy) is 1. The molecule has 1 saturated heterocycles. The zero-order valence-corrected chi connectivity index (χ0v) is 16.7. The molecule has 0 bridgehead atoms. The van der Waals surface area contributed by atoms with Gasteiger partial charge in [0.1, 0.15) is 18.2 Å². The minimum absolute atomic E-state index is 0.0239. The van der Waals surface area contributed by atoms with Gasteiger partial charge in [-0.1, -0.05) is 30.3 Å². The van der Waals surface area contributed by atoms with Crippen LogP contribution in [-0.4, -0.2) is 54.9 Å². The number of piperidine rings is 1. The predicted molar refractivity (Wildman–Crippen MR) is 109 cm³/mol. The van der Waals surface area contributed by atoms with Gasteiger partial charge in [-0.2, -0.15) is 0 Å². The van der Waals surface area contributed by atoms with E-state index in [1.165, 1.54) is 12.1 Å². The average molecular weight is 398 g/mol. The third-order valence-electron chi connectivity index (χ3n) is 5.21. The molecule has 0 N–H and O–H groups in total. The Hall–Kier alpha value is -2.89. The second kappa shape index (κ2) is 10.0. The van der Waals surface area contributed by atoms with Crippen LogP contribution in [0, 0.1) is 11.7 Å². The highest BCUT2D eigenvalue weighted by Crippen LogP contribution is 2.20. The molecular formula is C23H27FN2O3. The van der Waals surface area contributed by atoms with Gasteiger partial charge in [0, 0.05) is 20.1 Å². The SMILES string of the molecule is CN(CCOc1ccccc1)C(=O)C1CCCN(C(=O)Cc2ccc(F)cc2)C1. The number of amides is 2. The van der Waals surface area contributed by atoms with Gasteiger partial charge in [0.2, 0.25) is 11.8 Å². The van der Waals surface area contributed by atoms with Crippen LogP contribution in [0.2, 0.25) is 0 Å². The zero-order chi connectivity index (χ0) is 20.6. The molecular weight excluding hydrogens is 371 g/mol. The quantitative estimate of drug-likeness (QED) is 0.720. The van der Waals surface area contributed by atoms with Crippen molar-refractivity contribution >= 4 is 11.8 Å². The minimum Gasteiger partial charge on any atom is -0.492 e. The lowest BCUT2D eigenvalue weighted by Gasteiger charge is -2.34. The molecule has 2 amide bonds. The van der Waals surface area contributed by atoms with E-state index in [9.17, 15) is 14.0 Å². The number of hydrogen-bond donors (Lipinski definition) is 0. The molecule has 29 heavy (non-hydrogen) atoms. The number of carbonyl (C=O) groups is 2. The number of carbonyl (C=O) groups excluding carboxylic acids is 2. The van der Waals surface area contributed by atoms with Crippen molar-refractivity contribution in [2.45, 2.75) is 19.3 Å². The van der Waals surface area contributed by atoms with E-state index in [4.69, 9.17) is 4.74 Å². The van der Waals surface area contributed by atoms with Gasteiger partial charge in [-0.15, -0.1) is 0 Å². The molecule has 1 aliphatic heterocycles. The van der Waals surface area contributed by atoms with Crippen LogP contribution in [0.5, 0.6) is 5.75 Å². The first-order valence-corrected chi connectivity index (χ1v) is 9.98. The lowest BCUT2D eigenvalue weighted by molar-refractivity contribution is -0.140. The molecule has 0 aliphatic carbocycles. The van der Waals surface area contributed by atoms with Crippen LogP contribution in [-0.2, 0) is 16.0 Å². The molecule has 0 saturated carbocycles. The standard InChI is InChI=1S/C23H27FN2O3/c1-25(14-15-29-21-7-3-2-4-8-21)23(28)19-6-5-13-26(17-19)22(27)16-18-9-11-20(24)12-10-18/h2-4,7-12,19H,5-6,13-17H2,1H3. The van der Waals surface area contributed by atoms with Gasteiger partial charge in [0.05, 0.1) is 18.9 Å². The molecule has 2 aromatic carbocycles. The van der Waals surface area contributed by atoms with Crippen LogP contribution in [0.25, 0.3) is 0 Å². The number of halogens is 1. The number of benzene rings is 2. The van der Waals surface area contributed by atoms with E-state index in [1.54, 1.807) is 29.0 Å². The van der Waals surface area contributed by atoms with Crippen molar-refractivity contribution in [1.82, 2.24) is 9.80 Å². The van der Waals surface area contributed by atoms with Crippen LogP contribution in [0.1, 0.15) is 18.4 Å². The molecule has 1 fully saturated rings. The summed E-state index contributed by atoms with van der Waals surface area (Å²) in [6, 6.07) is 15.5. The third kappa shape index (κ3) is 6.04. The Morgan fingerprint density at radius 3 is 2.59 bits per heavy atom. The van der Waals surface area contributed by atoms with Crippen LogP contribution in [0.4, 0.5) is 4.39 Å². The second-order valence-electron chi connectivity index (χ2n) is 7.40. The maximum Gasteiger partial charge on any atom is 0.227 e.